The van der Waals surface area contributed by atoms with Gasteiger partial charge < -0.3 is 5.32 Å². The smallest absolute Gasteiger partial charge is 0.320 e. The number of nitrogens with zero attached hydrogens (tertiary/aromatic N) is 2. The van der Waals surface area contributed by atoms with Crippen LogP contribution >= 0.6 is 0 Å². The molecule has 4 aliphatic rings. The summed E-state index contributed by atoms with van der Waals surface area (Å²) >= 11 is 0. The summed E-state index contributed by atoms with van der Waals surface area (Å²) in [6.07, 6.45) is 9.54. The SMILES string of the molecule is Cc1cccc(Cn2ccc(NC(=O)NC34CC5CC(CC(C5)C3)C4)n2)c1. The molecule has 5 nitrogen and oxygen atoms in total. The molecule has 2 N–H and O–H groups in total. The third kappa shape index (κ3) is 3.47. The van der Waals surface area contributed by atoms with Crippen molar-refractivity contribution >= 4 is 11.8 Å². The first-order valence-corrected chi connectivity index (χ1v) is 10.2. The van der Waals surface area contributed by atoms with Crippen molar-refractivity contribution in [3.8, 4) is 0 Å². The fourth-order valence-electron chi connectivity index (χ4n) is 6.17. The number of aromatic nitrogens is 2. The number of benzene rings is 1. The topological polar surface area (TPSA) is 59.0 Å². The fraction of sp³-hybridized carbons (Fsp3) is 0.545. The van der Waals surface area contributed by atoms with Gasteiger partial charge in [0.05, 0.1) is 6.54 Å². The second kappa shape index (κ2) is 6.39. The molecule has 0 unspecified atom stereocenters. The predicted molar refractivity (Wildman–Crippen MR) is 106 cm³/mol. The minimum Gasteiger partial charge on any atom is -0.332 e. The third-order valence-electron chi connectivity index (χ3n) is 6.73. The molecular formula is C22H28N4O. The molecule has 27 heavy (non-hydrogen) atoms. The zero-order chi connectivity index (χ0) is 18.4. The first-order valence-electron chi connectivity index (χ1n) is 10.2. The van der Waals surface area contributed by atoms with Gasteiger partial charge in [-0.25, -0.2) is 4.79 Å². The quantitative estimate of drug-likeness (QED) is 0.848. The van der Waals surface area contributed by atoms with Crippen molar-refractivity contribution < 1.29 is 4.79 Å². The van der Waals surface area contributed by atoms with Gasteiger partial charge in [0.15, 0.2) is 5.82 Å². The Labute approximate surface area is 160 Å². The van der Waals surface area contributed by atoms with E-state index in [1.54, 1.807) is 0 Å². The van der Waals surface area contributed by atoms with E-state index in [9.17, 15) is 4.79 Å². The minimum atomic E-state index is -0.0993. The average Bonchev–Trinajstić information content (AvgIpc) is 2.99. The van der Waals surface area contributed by atoms with E-state index in [1.807, 2.05) is 16.9 Å². The zero-order valence-electron chi connectivity index (χ0n) is 15.9. The lowest BCUT2D eigenvalue weighted by atomic mass is 9.53. The van der Waals surface area contributed by atoms with Crippen molar-refractivity contribution in [2.24, 2.45) is 17.8 Å². The molecular weight excluding hydrogens is 336 g/mol. The Balaban J connectivity index is 1.21. The van der Waals surface area contributed by atoms with Crippen molar-refractivity contribution in [2.75, 3.05) is 5.32 Å². The first kappa shape index (κ1) is 16.8. The molecule has 6 rings (SSSR count). The van der Waals surface area contributed by atoms with Crippen LogP contribution in [0.5, 0.6) is 0 Å². The largest absolute Gasteiger partial charge is 0.332 e. The van der Waals surface area contributed by atoms with Crippen LogP contribution in [0.3, 0.4) is 0 Å². The normalized spacial score (nSPS) is 31.1. The predicted octanol–water partition coefficient (Wildman–Crippen LogP) is 4.33. The second-order valence-corrected chi connectivity index (χ2v) is 9.16. The molecule has 1 aromatic carbocycles. The van der Waals surface area contributed by atoms with E-state index in [4.69, 9.17) is 0 Å². The molecule has 4 fully saturated rings. The number of rotatable bonds is 4. The van der Waals surface area contributed by atoms with Gasteiger partial charge in [0.1, 0.15) is 0 Å². The number of hydrogen-bond donors (Lipinski definition) is 2. The maximum absolute atomic E-state index is 12.6. The lowest BCUT2D eigenvalue weighted by Crippen LogP contribution is -2.60. The standard InChI is InChI=1S/C22H28N4O/c1-15-3-2-4-16(7-15)14-26-6-5-20(25-26)23-21(27)24-22-11-17-8-18(12-22)10-19(9-17)13-22/h2-7,17-19H,8-14H2,1H3,(H2,23,24,25,27). The summed E-state index contributed by atoms with van der Waals surface area (Å²) in [6.45, 7) is 2.80. The highest BCUT2D eigenvalue weighted by Gasteiger charge is 2.51. The Kier molecular flexibility index (Phi) is 3.99. The molecule has 4 bridgehead atoms. The molecule has 5 heteroatoms. The van der Waals surface area contributed by atoms with Gasteiger partial charge in [0.2, 0.25) is 0 Å². The van der Waals surface area contributed by atoms with Gasteiger partial charge in [0.25, 0.3) is 0 Å². The van der Waals surface area contributed by atoms with E-state index >= 15 is 0 Å². The maximum atomic E-state index is 12.6. The molecule has 0 atom stereocenters. The van der Waals surface area contributed by atoms with Gasteiger partial charge in [-0.2, -0.15) is 5.10 Å². The molecule has 0 radical (unpaired) electrons. The molecule has 1 aromatic heterocycles. The van der Waals surface area contributed by atoms with Gasteiger partial charge in [0, 0.05) is 17.8 Å². The van der Waals surface area contributed by atoms with Crippen molar-refractivity contribution in [1.82, 2.24) is 15.1 Å². The van der Waals surface area contributed by atoms with Gasteiger partial charge in [-0.15, -0.1) is 0 Å². The van der Waals surface area contributed by atoms with Crippen molar-refractivity contribution in [2.45, 2.75) is 57.5 Å². The van der Waals surface area contributed by atoms with Crippen molar-refractivity contribution in [3.63, 3.8) is 0 Å². The van der Waals surface area contributed by atoms with Crippen molar-refractivity contribution in [3.05, 3.63) is 47.7 Å². The van der Waals surface area contributed by atoms with Gasteiger partial charge in [-0.3, -0.25) is 10.00 Å². The Morgan fingerprint density at radius 1 is 1.15 bits per heavy atom. The summed E-state index contributed by atoms with van der Waals surface area (Å²) in [6, 6.07) is 10.2. The lowest BCUT2D eigenvalue weighted by Gasteiger charge is -2.56. The van der Waals surface area contributed by atoms with Crippen LogP contribution in [-0.2, 0) is 6.54 Å². The third-order valence-corrected chi connectivity index (χ3v) is 6.73. The molecule has 4 aliphatic carbocycles. The first-order chi connectivity index (χ1) is 13.1. The summed E-state index contributed by atoms with van der Waals surface area (Å²) in [5, 5.41) is 10.8. The van der Waals surface area contributed by atoms with E-state index in [-0.39, 0.29) is 11.6 Å². The Bertz CT molecular complexity index is 820. The molecule has 2 aromatic rings. The van der Waals surface area contributed by atoms with Crippen LogP contribution in [-0.4, -0.2) is 21.4 Å². The molecule has 0 spiro atoms. The van der Waals surface area contributed by atoms with Crippen LogP contribution in [0.1, 0.15) is 49.7 Å². The van der Waals surface area contributed by atoms with Gasteiger partial charge in [-0.05, 0) is 68.8 Å². The average molecular weight is 364 g/mol. The highest BCUT2D eigenvalue weighted by atomic mass is 16.2. The summed E-state index contributed by atoms with van der Waals surface area (Å²) in [7, 11) is 0. The highest BCUT2D eigenvalue weighted by molar-refractivity contribution is 5.88. The maximum Gasteiger partial charge on any atom is 0.320 e. The highest BCUT2D eigenvalue weighted by Crippen LogP contribution is 2.55. The monoisotopic (exact) mass is 364 g/mol. The van der Waals surface area contributed by atoms with E-state index in [0.29, 0.717) is 12.4 Å². The molecule has 0 saturated heterocycles. The molecule has 0 aliphatic heterocycles. The molecule has 142 valence electrons. The van der Waals surface area contributed by atoms with E-state index in [0.717, 1.165) is 37.0 Å². The van der Waals surface area contributed by atoms with E-state index in [1.165, 1.54) is 30.4 Å². The second-order valence-electron chi connectivity index (χ2n) is 9.16. The number of carbonyl (C=O) groups is 1. The van der Waals surface area contributed by atoms with E-state index < -0.39 is 0 Å². The number of anilines is 1. The van der Waals surface area contributed by atoms with Gasteiger partial charge in [-0.1, -0.05) is 29.8 Å². The Hall–Kier alpha value is -2.30. The number of carbonyl (C=O) groups excluding carboxylic acids is 1. The van der Waals surface area contributed by atoms with Crippen LogP contribution < -0.4 is 10.6 Å². The Morgan fingerprint density at radius 3 is 2.52 bits per heavy atom. The van der Waals surface area contributed by atoms with Crippen LogP contribution in [0, 0.1) is 24.7 Å². The minimum absolute atomic E-state index is 0.0307. The molecule has 4 saturated carbocycles. The van der Waals surface area contributed by atoms with Crippen LogP contribution in [0.4, 0.5) is 10.6 Å². The summed E-state index contributed by atoms with van der Waals surface area (Å²) in [5.74, 6) is 3.09. The zero-order valence-corrected chi connectivity index (χ0v) is 15.9. The van der Waals surface area contributed by atoms with Gasteiger partial charge >= 0.3 is 6.03 Å². The van der Waals surface area contributed by atoms with Crippen LogP contribution in [0.15, 0.2) is 36.5 Å². The Morgan fingerprint density at radius 2 is 1.85 bits per heavy atom. The number of hydrogen-bond acceptors (Lipinski definition) is 2. The summed E-state index contributed by atoms with van der Waals surface area (Å²) in [5.41, 5.74) is 2.49. The lowest BCUT2D eigenvalue weighted by molar-refractivity contribution is -0.0127. The number of aryl methyl sites for hydroxylation is 1. The number of nitrogens with one attached hydrogen (secondary N) is 2. The summed E-state index contributed by atoms with van der Waals surface area (Å²) < 4.78 is 1.87. The fourth-order valence-corrected chi connectivity index (χ4v) is 6.17. The molecule has 2 amide bonds. The molecule has 1 heterocycles. The van der Waals surface area contributed by atoms with E-state index in [2.05, 4.69) is 46.9 Å². The number of amides is 2. The summed E-state index contributed by atoms with van der Waals surface area (Å²) in [4.78, 5) is 12.6. The van der Waals surface area contributed by atoms with Crippen LogP contribution in [0.2, 0.25) is 0 Å². The number of urea groups is 1. The van der Waals surface area contributed by atoms with Crippen molar-refractivity contribution in [1.29, 1.82) is 0 Å². The van der Waals surface area contributed by atoms with Crippen LogP contribution in [0.25, 0.3) is 0 Å².